The van der Waals surface area contributed by atoms with Gasteiger partial charge in [0.25, 0.3) is 0 Å². The van der Waals surface area contributed by atoms with Crippen molar-refractivity contribution in [1.29, 1.82) is 0 Å². The first-order chi connectivity index (χ1) is 24.6. The topological polar surface area (TPSA) is 114 Å². The van der Waals surface area contributed by atoms with Crippen LogP contribution in [0.25, 0.3) is 0 Å². The van der Waals surface area contributed by atoms with Gasteiger partial charge in [-0.2, -0.15) is 0 Å². The Kier molecular flexibility index (Phi) is 15.9. The van der Waals surface area contributed by atoms with Crippen molar-refractivity contribution in [2.45, 2.75) is 130 Å². The maximum Gasteiger partial charge on any atom is 0.408 e. The van der Waals surface area contributed by atoms with Gasteiger partial charge in [-0.15, -0.1) is 0 Å². The van der Waals surface area contributed by atoms with Crippen molar-refractivity contribution < 1.29 is 28.7 Å². The summed E-state index contributed by atoms with van der Waals surface area (Å²) in [6.45, 7) is 15.0. The summed E-state index contributed by atoms with van der Waals surface area (Å²) >= 11 is 0. The van der Waals surface area contributed by atoms with E-state index in [0.29, 0.717) is 12.0 Å². The van der Waals surface area contributed by atoms with Crippen LogP contribution in [-0.4, -0.2) is 58.6 Å². The Hall–Kier alpha value is -4.66. The summed E-state index contributed by atoms with van der Waals surface area (Å²) in [7, 11) is 0. The minimum atomic E-state index is -1.11. The number of esters is 1. The van der Waals surface area contributed by atoms with Gasteiger partial charge in [0.15, 0.2) is 0 Å². The number of amides is 3. The van der Waals surface area contributed by atoms with Crippen molar-refractivity contribution in [3.63, 3.8) is 0 Å². The van der Waals surface area contributed by atoms with Gasteiger partial charge < -0.3 is 25.0 Å². The monoisotopic (exact) mass is 713 g/mol. The fraction of sp³-hybridized carbons (Fsp3) is 0.488. The Balaban J connectivity index is 2.11. The molecule has 3 aromatic rings. The third kappa shape index (κ3) is 14.5. The lowest BCUT2D eigenvalue weighted by Crippen LogP contribution is -2.55. The fourth-order valence-electron chi connectivity index (χ4n) is 5.84. The fourth-order valence-corrected chi connectivity index (χ4v) is 5.84. The molecule has 0 aliphatic carbocycles. The number of hydrogen-bond donors (Lipinski definition) is 2. The smallest absolute Gasteiger partial charge is 0.408 e. The number of rotatable bonds is 17. The van der Waals surface area contributed by atoms with Crippen LogP contribution >= 0.6 is 0 Å². The van der Waals surface area contributed by atoms with Gasteiger partial charge in [0.05, 0.1) is 0 Å². The number of carbonyl (C=O) groups excluding carboxylic acids is 4. The molecule has 0 spiro atoms. The van der Waals surface area contributed by atoms with Crippen LogP contribution in [0.4, 0.5) is 4.79 Å². The van der Waals surface area contributed by atoms with Crippen LogP contribution < -0.4 is 10.6 Å². The number of alkyl carbamates (subject to hydrolysis) is 1. The average Bonchev–Trinajstić information content (AvgIpc) is 3.06. The highest BCUT2D eigenvalue weighted by Gasteiger charge is 2.38. The molecule has 3 atom stereocenters. The predicted molar refractivity (Wildman–Crippen MR) is 206 cm³/mol. The van der Waals surface area contributed by atoms with Gasteiger partial charge in [-0.3, -0.25) is 9.59 Å². The van der Waals surface area contributed by atoms with Crippen molar-refractivity contribution in [3.05, 3.63) is 107 Å². The van der Waals surface area contributed by atoms with Gasteiger partial charge in [-0.25, -0.2) is 9.59 Å². The van der Waals surface area contributed by atoms with Gasteiger partial charge in [0, 0.05) is 19.4 Å². The van der Waals surface area contributed by atoms with Crippen molar-refractivity contribution in [2.75, 3.05) is 6.54 Å². The van der Waals surface area contributed by atoms with E-state index in [-0.39, 0.29) is 19.4 Å². The summed E-state index contributed by atoms with van der Waals surface area (Å²) in [6, 6.07) is 23.1. The van der Waals surface area contributed by atoms with Gasteiger partial charge in [-0.05, 0) is 71.6 Å². The summed E-state index contributed by atoms with van der Waals surface area (Å²) in [4.78, 5) is 58.1. The molecule has 9 heteroatoms. The van der Waals surface area contributed by atoms with Crippen molar-refractivity contribution in [3.8, 4) is 0 Å². The van der Waals surface area contributed by atoms with Crippen molar-refractivity contribution >= 4 is 23.9 Å². The lowest BCUT2D eigenvalue weighted by atomic mass is 9.98. The number of nitrogens with zero attached hydrogens (tertiary/aromatic N) is 1. The molecule has 0 aromatic heterocycles. The molecule has 0 heterocycles. The van der Waals surface area contributed by atoms with Gasteiger partial charge in [0.1, 0.15) is 29.3 Å². The van der Waals surface area contributed by atoms with Crippen LogP contribution in [0.3, 0.4) is 0 Å². The zero-order valence-electron chi connectivity index (χ0n) is 32.4. The first-order valence-corrected chi connectivity index (χ1v) is 18.5. The average molecular weight is 714 g/mol. The molecular weight excluding hydrogens is 654 g/mol. The number of hydrogen-bond acceptors (Lipinski definition) is 6. The number of nitrogens with one attached hydrogen (secondary N) is 2. The predicted octanol–water partition coefficient (Wildman–Crippen LogP) is 8.04. The summed E-state index contributed by atoms with van der Waals surface area (Å²) in [5.74, 6) is -1.52. The molecule has 0 radical (unpaired) electrons. The van der Waals surface area contributed by atoms with Crippen molar-refractivity contribution in [2.24, 2.45) is 0 Å². The third-order valence-corrected chi connectivity index (χ3v) is 8.30. The van der Waals surface area contributed by atoms with Gasteiger partial charge in [0.2, 0.25) is 11.8 Å². The second-order valence-corrected chi connectivity index (χ2v) is 15.4. The van der Waals surface area contributed by atoms with Crippen molar-refractivity contribution in [1.82, 2.24) is 15.5 Å². The highest BCUT2D eigenvalue weighted by atomic mass is 16.6. The van der Waals surface area contributed by atoms with Crippen LogP contribution in [-0.2, 0) is 36.7 Å². The summed E-state index contributed by atoms with van der Waals surface area (Å²) < 4.78 is 11.4. The minimum absolute atomic E-state index is 0.183. The number of ether oxygens (including phenoxy) is 2. The molecule has 3 rings (SSSR count). The molecule has 3 amide bonds. The Labute approximate surface area is 310 Å². The molecule has 0 saturated heterocycles. The Morgan fingerprint density at radius 1 is 0.654 bits per heavy atom. The van der Waals surface area contributed by atoms with Crippen LogP contribution in [0.5, 0.6) is 0 Å². The zero-order valence-corrected chi connectivity index (χ0v) is 32.4. The van der Waals surface area contributed by atoms with Gasteiger partial charge >= 0.3 is 12.1 Å². The number of aryl methyl sites for hydroxylation is 1. The standard InChI is InChI=1S/C43H59N3O6/c1-9-10-11-12-19-28-46(39(48)35(29-32-20-15-13-16-21-32)45-41(50)52-43(6,7)8)37(34-26-24-31(2)25-27-34)38(47)44-36(40(49)51-42(3,4)5)30-33-22-17-14-18-23-33/h13-18,20-27,35-37H,9-12,19,28-30H2,1-8H3,(H,44,47)(H,45,50). The number of unbranched alkanes of at least 4 members (excludes halogenated alkanes) is 4. The zero-order chi connectivity index (χ0) is 38.3. The van der Waals surface area contributed by atoms with E-state index in [0.717, 1.165) is 42.4 Å². The molecule has 0 aliphatic heterocycles. The molecule has 52 heavy (non-hydrogen) atoms. The van der Waals surface area contributed by atoms with E-state index in [4.69, 9.17) is 9.47 Å². The molecule has 0 fully saturated rings. The summed E-state index contributed by atoms with van der Waals surface area (Å²) in [6.07, 6.45) is 4.26. The number of benzene rings is 3. The first-order valence-electron chi connectivity index (χ1n) is 18.5. The molecule has 3 aromatic carbocycles. The Morgan fingerprint density at radius 3 is 1.69 bits per heavy atom. The molecule has 0 bridgehead atoms. The van der Waals surface area contributed by atoms with E-state index in [2.05, 4.69) is 17.6 Å². The highest BCUT2D eigenvalue weighted by molar-refractivity contribution is 5.94. The molecule has 9 nitrogen and oxygen atoms in total. The van der Waals surface area contributed by atoms with Crippen LogP contribution in [0, 0.1) is 6.92 Å². The number of carbonyl (C=O) groups is 4. The minimum Gasteiger partial charge on any atom is -0.458 e. The van der Waals surface area contributed by atoms with E-state index in [9.17, 15) is 19.2 Å². The lowest BCUT2D eigenvalue weighted by Gasteiger charge is -2.35. The van der Waals surface area contributed by atoms with Crippen LogP contribution in [0.1, 0.15) is 109 Å². The maximum atomic E-state index is 14.9. The molecular formula is C43H59N3O6. The Bertz CT molecular complexity index is 1560. The third-order valence-electron chi connectivity index (χ3n) is 8.30. The largest absolute Gasteiger partial charge is 0.458 e. The van der Waals surface area contributed by atoms with E-state index in [1.54, 1.807) is 46.4 Å². The molecule has 0 saturated carbocycles. The second kappa shape index (κ2) is 19.8. The molecule has 2 N–H and O–H groups in total. The first kappa shape index (κ1) is 41.8. The van der Waals surface area contributed by atoms with E-state index < -0.39 is 53.2 Å². The van der Waals surface area contributed by atoms with Gasteiger partial charge in [-0.1, -0.05) is 123 Å². The quantitative estimate of drug-likeness (QED) is 0.108. The summed E-state index contributed by atoms with van der Waals surface area (Å²) in [5, 5.41) is 5.81. The highest BCUT2D eigenvalue weighted by Crippen LogP contribution is 2.26. The van der Waals surface area contributed by atoms with Crippen LogP contribution in [0.15, 0.2) is 84.9 Å². The van der Waals surface area contributed by atoms with E-state index in [1.165, 1.54) is 0 Å². The lowest BCUT2D eigenvalue weighted by molar-refractivity contribution is -0.159. The molecule has 0 aliphatic rings. The molecule has 282 valence electrons. The SMILES string of the molecule is CCCCCCCN(C(=O)C(Cc1ccccc1)NC(=O)OC(C)(C)C)C(C(=O)NC(Cc1ccccc1)C(=O)OC(C)(C)C)c1ccc(C)cc1. The van der Waals surface area contributed by atoms with Crippen LogP contribution in [0.2, 0.25) is 0 Å². The van der Waals surface area contributed by atoms with E-state index >= 15 is 0 Å². The maximum absolute atomic E-state index is 14.9. The second-order valence-electron chi connectivity index (χ2n) is 15.4. The Morgan fingerprint density at radius 2 is 1.17 bits per heavy atom. The normalized spacial score (nSPS) is 13.3. The van der Waals surface area contributed by atoms with E-state index in [1.807, 2.05) is 91.9 Å². The summed E-state index contributed by atoms with van der Waals surface area (Å²) in [5.41, 5.74) is 1.69. The molecule has 3 unspecified atom stereocenters.